The van der Waals surface area contributed by atoms with Gasteiger partial charge in [-0.15, -0.1) is 0 Å². The largest absolute Gasteiger partial charge is 0.325 e. The molecule has 6 nitrogen and oxygen atoms in total. The lowest BCUT2D eigenvalue weighted by molar-refractivity contribution is -0.137. The molecule has 3 aromatic carbocycles. The van der Waals surface area contributed by atoms with Crippen LogP contribution in [0.2, 0.25) is 0 Å². The first-order valence-electron chi connectivity index (χ1n) is 12.6. The topological polar surface area (TPSA) is 78.5 Å². The molecule has 2 spiro atoms. The van der Waals surface area contributed by atoms with E-state index in [1.807, 2.05) is 80.6 Å². The molecular formula is C30H27N3O3. The first kappa shape index (κ1) is 21.5. The van der Waals surface area contributed by atoms with E-state index in [4.69, 9.17) is 0 Å². The van der Waals surface area contributed by atoms with Gasteiger partial charge in [0.2, 0.25) is 5.91 Å². The van der Waals surface area contributed by atoms with Gasteiger partial charge in [-0.2, -0.15) is 0 Å². The molecule has 0 aliphatic carbocycles. The molecule has 0 radical (unpaired) electrons. The van der Waals surface area contributed by atoms with Crippen molar-refractivity contribution in [2.75, 3.05) is 17.2 Å². The van der Waals surface area contributed by atoms with Crippen LogP contribution in [0.5, 0.6) is 0 Å². The lowest BCUT2D eigenvalue weighted by Crippen LogP contribution is -2.62. The SMILES string of the molecule is Cc1ccc(C(=O)[C@@H]2[C@H]3CCCN3[C@@]3(C(=O)Nc4ccc(C)cc43)[C@]23C(=O)Nc2ccccc23)cc1. The highest BCUT2D eigenvalue weighted by molar-refractivity contribution is 6.21. The molecule has 0 saturated carbocycles. The summed E-state index contributed by atoms with van der Waals surface area (Å²) in [6.45, 7) is 4.64. The van der Waals surface area contributed by atoms with Crippen molar-refractivity contribution in [3.63, 3.8) is 0 Å². The molecule has 2 N–H and O–H groups in total. The van der Waals surface area contributed by atoms with Gasteiger partial charge in [-0.1, -0.05) is 65.7 Å². The summed E-state index contributed by atoms with van der Waals surface area (Å²) in [5, 5.41) is 6.19. The Bertz CT molecular complexity index is 1480. The van der Waals surface area contributed by atoms with Gasteiger partial charge in [0, 0.05) is 28.5 Å². The molecule has 4 aliphatic rings. The molecule has 36 heavy (non-hydrogen) atoms. The van der Waals surface area contributed by atoms with E-state index in [0.717, 1.165) is 40.8 Å². The highest BCUT2D eigenvalue weighted by Gasteiger charge is 2.81. The van der Waals surface area contributed by atoms with E-state index in [-0.39, 0.29) is 23.6 Å². The summed E-state index contributed by atoms with van der Waals surface area (Å²) in [5.41, 5.74) is 2.89. The van der Waals surface area contributed by atoms with E-state index in [0.29, 0.717) is 17.8 Å². The second-order valence-electron chi connectivity index (χ2n) is 10.6. The fraction of sp³-hybridized carbons (Fsp3) is 0.300. The molecule has 0 bridgehead atoms. The first-order valence-corrected chi connectivity index (χ1v) is 12.6. The van der Waals surface area contributed by atoms with Crippen LogP contribution in [-0.2, 0) is 20.5 Å². The number of carbonyl (C=O) groups excluding carboxylic acids is 3. The third kappa shape index (κ3) is 2.33. The van der Waals surface area contributed by atoms with Crippen molar-refractivity contribution in [3.8, 4) is 0 Å². The van der Waals surface area contributed by atoms with E-state index in [2.05, 4.69) is 15.5 Å². The zero-order valence-corrected chi connectivity index (χ0v) is 20.3. The number of carbonyl (C=O) groups is 3. The van der Waals surface area contributed by atoms with E-state index in [9.17, 15) is 14.4 Å². The van der Waals surface area contributed by atoms with Crippen molar-refractivity contribution in [1.29, 1.82) is 0 Å². The predicted octanol–water partition coefficient (Wildman–Crippen LogP) is 4.32. The normalized spacial score (nSPS) is 29.8. The molecule has 0 aromatic heterocycles. The highest BCUT2D eigenvalue weighted by Crippen LogP contribution is 2.67. The van der Waals surface area contributed by atoms with Crippen molar-refractivity contribution < 1.29 is 14.4 Å². The van der Waals surface area contributed by atoms with E-state index in [1.54, 1.807) is 0 Å². The Kier molecular flexibility index (Phi) is 4.26. The van der Waals surface area contributed by atoms with Crippen LogP contribution in [0.3, 0.4) is 0 Å². The van der Waals surface area contributed by atoms with Crippen LogP contribution < -0.4 is 10.6 Å². The standard InChI is InChI=1S/C30H27N3O3/c1-17-9-12-19(13-10-17)26(34)25-24-8-5-15-33(24)30(21-16-18(2)11-14-23(21)32-28(30)36)29(25)20-6-3-4-7-22(20)31-27(29)35/h3-4,6-7,9-14,16,24-25H,5,8,15H2,1-2H3,(H,31,35)(H,32,36)/t24-,25+,29+,30+/m1/s1. The number of Topliss-reactive ketones (excluding diaryl/α,β-unsaturated/α-hetero) is 1. The molecule has 3 aromatic rings. The Balaban J connectivity index is 1.59. The van der Waals surface area contributed by atoms with Crippen LogP contribution in [0, 0.1) is 19.8 Å². The Labute approximate surface area is 209 Å². The number of amides is 2. The second kappa shape index (κ2) is 7.14. The summed E-state index contributed by atoms with van der Waals surface area (Å²) >= 11 is 0. The molecule has 2 fully saturated rings. The van der Waals surface area contributed by atoms with Crippen LogP contribution in [0.4, 0.5) is 11.4 Å². The average Bonchev–Trinajstić information content (AvgIpc) is 3.58. The molecule has 4 heterocycles. The minimum Gasteiger partial charge on any atom is -0.325 e. The van der Waals surface area contributed by atoms with E-state index < -0.39 is 16.9 Å². The van der Waals surface area contributed by atoms with Gasteiger partial charge in [0.1, 0.15) is 11.0 Å². The van der Waals surface area contributed by atoms with Gasteiger partial charge >= 0.3 is 0 Å². The van der Waals surface area contributed by atoms with Gasteiger partial charge in [-0.05, 0) is 50.9 Å². The predicted molar refractivity (Wildman–Crippen MR) is 137 cm³/mol. The second-order valence-corrected chi connectivity index (χ2v) is 10.6. The third-order valence-electron chi connectivity index (χ3n) is 8.87. The maximum atomic E-state index is 14.5. The van der Waals surface area contributed by atoms with Crippen LogP contribution in [0.15, 0.2) is 66.7 Å². The number of hydrogen-bond acceptors (Lipinski definition) is 4. The lowest BCUT2D eigenvalue weighted by atomic mass is 9.57. The van der Waals surface area contributed by atoms with Gasteiger partial charge < -0.3 is 10.6 Å². The zero-order chi connectivity index (χ0) is 24.8. The summed E-state index contributed by atoms with van der Waals surface area (Å²) in [4.78, 5) is 45.4. The summed E-state index contributed by atoms with van der Waals surface area (Å²) < 4.78 is 0. The minimum atomic E-state index is -1.39. The number of benzene rings is 3. The van der Waals surface area contributed by atoms with Gasteiger partial charge in [-0.25, -0.2) is 0 Å². The summed E-state index contributed by atoms with van der Waals surface area (Å²) in [6.07, 6.45) is 1.63. The number of anilines is 2. The molecule has 7 rings (SSSR count). The van der Waals surface area contributed by atoms with E-state index in [1.165, 1.54) is 0 Å². The van der Waals surface area contributed by atoms with Crippen LogP contribution in [0.25, 0.3) is 0 Å². The van der Waals surface area contributed by atoms with Crippen molar-refractivity contribution in [1.82, 2.24) is 4.90 Å². The lowest BCUT2D eigenvalue weighted by Gasteiger charge is -2.43. The molecule has 4 aliphatic heterocycles. The molecule has 180 valence electrons. The molecule has 4 atom stereocenters. The minimum absolute atomic E-state index is 0.0791. The molecular weight excluding hydrogens is 450 g/mol. The Hall–Kier alpha value is -3.77. The van der Waals surface area contributed by atoms with Gasteiger partial charge in [0.05, 0.1) is 5.92 Å². The van der Waals surface area contributed by atoms with Crippen molar-refractivity contribution in [2.24, 2.45) is 5.92 Å². The smallest absolute Gasteiger partial charge is 0.251 e. The molecule has 2 saturated heterocycles. The molecule has 6 heteroatoms. The molecule has 0 unspecified atom stereocenters. The number of para-hydroxylation sites is 1. The summed E-state index contributed by atoms with van der Waals surface area (Å²) in [6, 6.07) is 20.8. The van der Waals surface area contributed by atoms with Crippen molar-refractivity contribution in [3.05, 3.63) is 94.5 Å². The van der Waals surface area contributed by atoms with E-state index >= 15 is 0 Å². The summed E-state index contributed by atoms with van der Waals surface area (Å²) in [5.74, 6) is -1.28. The van der Waals surface area contributed by atoms with Gasteiger partial charge in [0.15, 0.2) is 5.78 Å². The fourth-order valence-corrected chi connectivity index (χ4v) is 7.59. The fourth-order valence-electron chi connectivity index (χ4n) is 7.59. The number of nitrogens with one attached hydrogen (secondary N) is 2. The summed E-state index contributed by atoms with van der Waals surface area (Å²) in [7, 11) is 0. The Morgan fingerprint density at radius 1 is 0.861 bits per heavy atom. The van der Waals surface area contributed by atoms with Crippen molar-refractivity contribution in [2.45, 2.75) is 43.7 Å². The Morgan fingerprint density at radius 3 is 2.36 bits per heavy atom. The maximum absolute atomic E-state index is 14.5. The number of fused-ring (bicyclic) bond motifs is 7. The van der Waals surface area contributed by atoms with Crippen LogP contribution >= 0.6 is 0 Å². The monoisotopic (exact) mass is 477 g/mol. The van der Waals surface area contributed by atoms with Crippen LogP contribution in [0.1, 0.15) is 45.5 Å². The van der Waals surface area contributed by atoms with Gasteiger partial charge in [0.25, 0.3) is 5.91 Å². The van der Waals surface area contributed by atoms with Crippen LogP contribution in [-0.4, -0.2) is 35.1 Å². The molecule has 2 amide bonds. The number of rotatable bonds is 2. The number of nitrogens with zero attached hydrogens (tertiary/aromatic N) is 1. The average molecular weight is 478 g/mol. The Morgan fingerprint density at radius 2 is 1.56 bits per heavy atom. The quantitative estimate of drug-likeness (QED) is 0.539. The third-order valence-corrected chi connectivity index (χ3v) is 8.87. The van der Waals surface area contributed by atoms with Gasteiger partial charge in [-0.3, -0.25) is 19.3 Å². The number of aryl methyl sites for hydroxylation is 2. The highest BCUT2D eigenvalue weighted by atomic mass is 16.2. The number of ketones is 1. The number of hydrogen-bond donors (Lipinski definition) is 2. The zero-order valence-electron chi connectivity index (χ0n) is 20.3. The maximum Gasteiger partial charge on any atom is 0.251 e. The first-order chi connectivity index (χ1) is 17.4. The van der Waals surface area contributed by atoms with Crippen molar-refractivity contribution >= 4 is 29.0 Å².